The Balaban J connectivity index is 2.74. The van der Waals surface area contributed by atoms with E-state index in [1.54, 1.807) is 0 Å². The van der Waals surface area contributed by atoms with Gasteiger partial charge in [-0.05, 0) is 19.4 Å². The Morgan fingerprint density at radius 3 is 2.90 bits per heavy atom. The highest BCUT2D eigenvalue weighted by atomic mass is 16.3. The molecule has 0 bridgehead atoms. The number of hydrogen-bond donors (Lipinski definition) is 2. The lowest BCUT2D eigenvalue weighted by Gasteiger charge is -2.01. The van der Waals surface area contributed by atoms with Crippen molar-refractivity contribution in [3.05, 3.63) is 17.5 Å². The number of nitrogens with one attached hydrogen (secondary N) is 1. The van der Waals surface area contributed by atoms with Crippen LogP contribution in [-0.4, -0.2) is 15.3 Å². The van der Waals surface area contributed by atoms with Gasteiger partial charge in [0.1, 0.15) is 0 Å². The van der Waals surface area contributed by atoms with Crippen LogP contribution in [0.3, 0.4) is 0 Å². The number of hydrogen-bond acceptors (Lipinski definition) is 2. The fourth-order valence-electron chi connectivity index (χ4n) is 0.833. The van der Waals surface area contributed by atoms with Crippen molar-refractivity contribution in [3.8, 4) is 0 Å². The predicted molar refractivity (Wildman–Crippen MR) is 38.6 cm³/mol. The van der Waals surface area contributed by atoms with Crippen LogP contribution in [-0.2, 0) is 0 Å². The number of aliphatic hydroxyl groups is 1. The predicted octanol–water partition coefficient (Wildman–Crippen LogP) is 1.16. The Kier molecular flexibility index (Phi) is 2.06. The maximum absolute atomic E-state index is 9.27. The Morgan fingerprint density at radius 1 is 1.80 bits per heavy atom. The van der Waals surface area contributed by atoms with E-state index in [2.05, 4.69) is 10.2 Å². The van der Waals surface area contributed by atoms with Crippen molar-refractivity contribution < 1.29 is 5.11 Å². The quantitative estimate of drug-likeness (QED) is 0.647. The molecule has 0 aliphatic heterocycles. The van der Waals surface area contributed by atoms with E-state index in [1.807, 2.05) is 19.9 Å². The van der Waals surface area contributed by atoms with Crippen LogP contribution in [0.4, 0.5) is 0 Å². The monoisotopic (exact) mass is 140 g/mol. The summed E-state index contributed by atoms with van der Waals surface area (Å²) in [5.74, 6) is 0. The summed E-state index contributed by atoms with van der Waals surface area (Å²) in [6.07, 6.45) is 0.336. The number of nitrogens with zero attached hydrogens (tertiary/aromatic N) is 1. The number of aromatic nitrogens is 2. The van der Waals surface area contributed by atoms with E-state index in [0.717, 1.165) is 17.8 Å². The summed E-state index contributed by atoms with van der Waals surface area (Å²) in [6, 6.07) is 1.86. The average Bonchev–Trinajstić information content (AvgIpc) is 2.34. The first-order valence-corrected chi connectivity index (χ1v) is 3.44. The second kappa shape index (κ2) is 2.84. The summed E-state index contributed by atoms with van der Waals surface area (Å²) in [5, 5.41) is 15.9. The highest BCUT2D eigenvalue weighted by Crippen LogP contribution is 2.12. The minimum absolute atomic E-state index is 0.388. The van der Waals surface area contributed by atoms with E-state index < -0.39 is 0 Å². The Morgan fingerprint density at radius 2 is 2.50 bits per heavy atom. The molecule has 1 aromatic heterocycles. The zero-order chi connectivity index (χ0) is 7.56. The summed E-state index contributed by atoms with van der Waals surface area (Å²) < 4.78 is 0. The number of aryl methyl sites for hydroxylation is 1. The molecule has 3 nitrogen and oxygen atoms in total. The lowest BCUT2D eigenvalue weighted by atomic mass is 10.2. The maximum atomic E-state index is 9.27. The standard InChI is InChI=1S/C7H12N2O/c1-3-7(10)6-4-5(2)8-9-6/h4,7,10H,3H2,1-2H3,(H,8,9). The third-order valence-electron chi connectivity index (χ3n) is 1.47. The normalized spacial score (nSPS) is 13.5. The molecular formula is C7H12N2O. The number of aliphatic hydroxyl groups excluding tert-OH is 1. The molecule has 0 radical (unpaired) electrons. The molecule has 2 N–H and O–H groups in total. The number of rotatable bonds is 2. The zero-order valence-corrected chi connectivity index (χ0v) is 6.26. The molecule has 1 aromatic rings. The van der Waals surface area contributed by atoms with Gasteiger partial charge in [0.15, 0.2) is 0 Å². The minimum Gasteiger partial charge on any atom is -0.387 e. The molecule has 1 rings (SSSR count). The second-order valence-electron chi connectivity index (χ2n) is 2.39. The van der Waals surface area contributed by atoms with Gasteiger partial charge in [-0.1, -0.05) is 6.92 Å². The molecule has 56 valence electrons. The van der Waals surface area contributed by atoms with Crippen LogP contribution in [0.25, 0.3) is 0 Å². The molecule has 0 aliphatic rings. The van der Waals surface area contributed by atoms with Crippen molar-refractivity contribution in [2.24, 2.45) is 0 Å². The average molecular weight is 140 g/mol. The van der Waals surface area contributed by atoms with Gasteiger partial charge in [0.25, 0.3) is 0 Å². The van der Waals surface area contributed by atoms with Crippen molar-refractivity contribution in [3.63, 3.8) is 0 Å². The molecule has 0 saturated carbocycles. The molecule has 3 heteroatoms. The highest BCUT2D eigenvalue weighted by Gasteiger charge is 2.05. The lowest BCUT2D eigenvalue weighted by Crippen LogP contribution is -1.94. The maximum Gasteiger partial charge on any atom is 0.0951 e. The van der Waals surface area contributed by atoms with Crippen LogP contribution in [0.2, 0.25) is 0 Å². The first kappa shape index (κ1) is 7.28. The van der Waals surface area contributed by atoms with Crippen LogP contribution < -0.4 is 0 Å². The summed E-state index contributed by atoms with van der Waals surface area (Å²) in [7, 11) is 0. The van der Waals surface area contributed by atoms with Gasteiger partial charge in [-0.25, -0.2) is 0 Å². The molecule has 10 heavy (non-hydrogen) atoms. The molecule has 1 atom stereocenters. The van der Waals surface area contributed by atoms with Gasteiger partial charge in [-0.15, -0.1) is 0 Å². The number of H-pyrrole nitrogens is 1. The molecule has 1 heterocycles. The fraction of sp³-hybridized carbons (Fsp3) is 0.571. The summed E-state index contributed by atoms with van der Waals surface area (Å²) in [6.45, 7) is 3.82. The largest absolute Gasteiger partial charge is 0.387 e. The van der Waals surface area contributed by atoms with Gasteiger partial charge in [0.05, 0.1) is 17.5 Å². The van der Waals surface area contributed by atoms with Crippen LogP contribution in [0.15, 0.2) is 6.07 Å². The topological polar surface area (TPSA) is 48.9 Å². The Labute approximate surface area is 60.1 Å². The summed E-state index contributed by atoms with van der Waals surface area (Å²) in [5.41, 5.74) is 1.72. The van der Waals surface area contributed by atoms with E-state index >= 15 is 0 Å². The Hall–Kier alpha value is -0.830. The van der Waals surface area contributed by atoms with E-state index in [4.69, 9.17) is 0 Å². The molecule has 0 fully saturated rings. The third-order valence-corrected chi connectivity index (χ3v) is 1.47. The van der Waals surface area contributed by atoms with E-state index in [0.29, 0.717) is 0 Å². The number of aromatic amines is 1. The Bertz CT molecular complexity index is 207. The molecular weight excluding hydrogens is 128 g/mol. The summed E-state index contributed by atoms with van der Waals surface area (Å²) in [4.78, 5) is 0. The molecule has 0 spiro atoms. The van der Waals surface area contributed by atoms with E-state index in [-0.39, 0.29) is 6.10 Å². The van der Waals surface area contributed by atoms with Crippen LogP contribution in [0, 0.1) is 6.92 Å². The van der Waals surface area contributed by atoms with Gasteiger partial charge < -0.3 is 5.11 Å². The van der Waals surface area contributed by atoms with E-state index in [9.17, 15) is 5.11 Å². The molecule has 0 aliphatic carbocycles. The smallest absolute Gasteiger partial charge is 0.0951 e. The van der Waals surface area contributed by atoms with Gasteiger partial charge in [0, 0.05) is 0 Å². The van der Waals surface area contributed by atoms with Crippen LogP contribution in [0.5, 0.6) is 0 Å². The third kappa shape index (κ3) is 1.36. The van der Waals surface area contributed by atoms with E-state index in [1.165, 1.54) is 0 Å². The van der Waals surface area contributed by atoms with Crippen molar-refractivity contribution in [2.45, 2.75) is 26.4 Å². The molecule has 1 unspecified atom stereocenters. The van der Waals surface area contributed by atoms with Crippen molar-refractivity contribution >= 4 is 0 Å². The summed E-state index contributed by atoms with van der Waals surface area (Å²) >= 11 is 0. The van der Waals surface area contributed by atoms with Crippen molar-refractivity contribution in [2.75, 3.05) is 0 Å². The lowest BCUT2D eigenvalue weighted by molar-refractivity contribution is 0.169. The van der Waals surface area contributed by atoms with Crippen molar-refractivity contribution in [1.29, 1.82) is 0 Å². The zero-order valence-electron chi connectivity index (χ0n) is 6.26. The highest BCUT2D eigenvalue weighted by molar-refractivity contribution is 5.08. The first-order valence-electron chi connectivity index (χ1n) is 3.44. The fourth-order valence-corrected chi connectivity index (χ4v) is 0.833. The molecule has 0 amide bonds. The molecule has 0 saturated heterocycles. The van der Waals surface area contributed by atoms with Gasteiger partial charge >= 0.3 is 0 Å². The van der Waals surface area contributed by atoms with Gasteiger partial charge in [0.2, 0.25) is 0 Å². The van der Waals surface area contributed by atoms with Gasteiger partial charge in [-0.3, -0.25) is 5.10 Å². The molecule has 0 aromatic carbocycles. The van der Waals surface area contributed by atoms with Crippen molar-refractivity contribution in [1.82, 2.24) is 10.2 Å². The van der Waals surface area contributed by atoms with Gasteiger partial charge in [-0.2, -0.15) is 5.10 Å². The van der Waals surface area contributed by atoms with Crippen LogP contribution in [0.1, 0.15) is 30.8 Å². The SMILES string of the molecule is CCC(O)c1cc(C)n[nH]1. The van der Waals surface area contributed by atoms with Crippen LogP contribution >= 0.6 is 0 Å². The first-order chi connectivity index (χ1) is 4.74. The minimum atomic E-state index is -0.388. The second-order valence-corrected chi connectivity index (χ2v) is 2.39.